The van der Waals surface area contributed by atoms with E-state index in [0.29, 0.717) is 5.69 Å². The van der Waals surface area contributed by atoms with Crippen LogP contribution in [-0.2, 0) is 77.4 Å². The number of amides is 2. The Labute approximate surface area is 250 Å². The van der Waals surface area contributed by atoms with Crippen molar-refractivity contribution < 1.29 is 87.7 Å². The minimum atomic E-state index is -5.69. The Bertz CT molecular complexity index is 1580. The molecule has 26 heteroatoms. The predicted molar refractivity (Wildman–Crippen MR) is 139 cm³/mol. The summed E-state index contributed by atoms with van der Waals surface area (Å²) in [6.07, 6.45) is -12.5. The van der Waals surface area contributed by atoms with Crippen molar-refractivity contribution >= 4 is 59.1 Å². The molecule has 0 bridgehead atoms. The van der Waals surface area contributed by atoms with E-state index < -0.39 is 110 Å². The van der Waals surface area contributed by atoms with Crippen LogP contribution in [0.25, 0.3) is 0 Å². The van der Waals surface area contributed by atoms with E-state index in [9.17, 15) is 52.4 Å². The first-order valence-corrected chi connectivity index (χ1v) is 17.0. The first-order valence-electron chi connectivity index (χ1n) is 11.5. The lowest BCUT2D eigenvalue weighted by Gasteiger charge is -2.43. The van der Waals surface area contributed by atoms with Gasteiger partial charge < -0.3 is 19.7 Å². The topological polar surface area (TPSA) is 322 Å². The number of ether oxygens (including phenoxy) is 2. The van der Waals surface area contributed by atoms with Gasteiger partial charge in [0.15, 0.2) is 12.4 Å². The third-order valence-corrected chi connectivity index (χ3v) is 6.96. The maximum Gasteiger partial charge on any atom is 0.397 e. The Morgan fingerprint density at radius 3 is 1.84 bits per heavy atom. The molecule has 0 aliphatic carbocycles. The molecule has 1 aromatic carbocycles. The zero-order valence-corrected chi connectivity index (χ0v) is 25.3. The van der Waals surface area contributed by atoms with E-state index in [0.717, 1.165) is 4.90 Å². The molecule has 1 fully saturated rings. The minimum absolute atomic E-state index is 0.386. The summed E-state index contributed by atoms with van der Waals surface area (Å²) in [6, 6.07) is 8.02. The molecule has 0 aromatic heterocycles. The van der Waals surface area contributed by atoms with Gasteiger partial charge in [-0.1, -0.05) is 18.2 Å². The van der Waals surface area contributed by atoms with Crippen LogP contribution in [0.3, 0.4) is 0 Å². The van der Waals surface area contributed by atoms with E-state index in [2.05, 4.69) is 22.0 Å². The Hall–Kier alpha value is -2.44. The number of hydrogen-bond acceptors (Lipinski definition) is 16. The fourth-order valence-electron chi connectivity index (χ4n) is 3.61. The van der Waals surface area contributed by atoms with Gasteiger partial charge in [0, 0.05) is 19.2 Å². The van der Waals surface area contributed by atoms with Crippen molar-refractivity contribution in [2.24, 2.45) is 0 Å². The lowest BCUT2D eigenvalue weighted by Crippen LogP contribution is -2.63. The van der Waals surface area contributed by atoms with Gasteiger partial charge in [0.2, 0.25) is 11.8 Å². The Balaban J connectivity index is 2.30. The average Bonchev–Trinajstić information content (AvgIpc) is 2.85. The third-order valence-electron chi connectivity index (χ3n) is 5.13. The highest BCUT2D eigenvalue weighted by Gasteiger charge is 2.54. The molecule has 1 aliphatic heterocycles. The van der Waals surface area contributed by atoms with Gasteiger partial charge in [0.25, 0.3) is 0 Å². The van der Waals surface area contributed by atoms with Gasteiger partial charge in [-0.2, -0.15) is 33.7 Å². The van der Waals surface area contributed by atoms with Gasteiger partial charge in [-0.25, -0.2) is 16.7 Å². The van der Waals surface area contributed by atoms with Gasteiger partial charge >= 0.3 is 41.6 Å². The standard InChI is InChI=1S/C18H26N2O20S4/c1-11(21)20(12-5-3-2-4-6-12)9-14(22)19-7-8-35-18-17(40-44(32,33)34)16(39-43(29,30)31)15(38-42(26,27)28)13(37-18)10-36-41(23,24)25/h2-6,13,15-18H,7-10H2,1H3,(H,19,22)(H,23,24,25)(H,26,27,28)(H,29,30,31)(H,32,33,34)/t13-,15-,16+,17+,18+/m1/s1. The molecule has 1 saturated heterocycles. The molecular formula is C18H26N2O20S4. The highest BCUT2D eigenvalue weighted by atomic mass is 32.3. The molecule has 2 amide bonds. The summed E-state index contributed by atoms with van der Waals surface area (Å²) in [5.74, 6) is -1.23. The van der Waals surface area contributed by atoms with Crippen molar-refractivity contribution in [1.82, 2.24) is 5.32 Å². The van der Waals surface area contributed by atoms with Crippen molar-refractivity contribution in [3.05, 3.63) is 30.3 Å². The molecule has 1 aromatic rings. The molecule has 1 heterocycles. The number of hydrogen-bond donors (Lipinski definition) is 5. The van der Waals surface area contributed by atoms with Gasteiger partial charge in [-0.15, -0.1) is 0 Å². The highest BCUT2D eigenvalue weighted by Crippen LogP contribution is 2.32. The molecule has 0 radical (unpaired) electrons. The van der Waals surface area contributed by atoms with Crippen molar-refractivity contribution in [3.63, 3.8) is 0 Å². The molecule has 5 N–H and O–H groups in total. The second-order valence-corrected chi connectivity index (χ2v) is 12.6. The van der Waals surface area contributed by atoms with Gasteiger partial charge in [-0.3, -0.25) is 27.8 Å². The highest BCUT2D eigenvalue weighted by molar-refractivity contribution is 7.81. The molecule has 44 heavy (non-hydrogen) atoms. The van der Waals surface area contributed by atoms with Crippen LogP contribution in [0.5, 0.6) is 0 Å². The predicted octanol–water partition coefficient (Wildman–Crippen LogP) is -2.72. The summed E-state index contributed by atoms with van der Waals surface area (Å²) in [4.78, 5) is 25.5. The zero-order chi connectivity index (χ0) is 33.5. The summed E-state index contributed by atoms with van der Waals surface area (Å²) in [6.45, 7) is -1.84. The second kappa shape index (κ2) is 15.2. The largest absolute Gasteiger partial charge is 0.397 e. The zero-order valence-electron chi connectivity index (χ0n) is 22.0. The first kappa shape index (κ1) is 37.7. The van der Waals surface area contributed by atoms with Crippen molar-refractivity contribution in [3.8, 4) is 0 Å². The van der Waals surface area contributed by atoms with E-state index in [1.54, 1.807) is 30.3 Å². The molecular weight excluding hydrogens is 692 g/mol. The molecule has 0 spiro atoms. The van der Waals surface area contributed by atoms with Crippen molar-refractivity contribution in [1.29, 1.82) is 0 Å². The van der Waals surface area contributed by atoms with Crippen LogP contribution in [0.4, 0.5) is 5.69 Å². The average molecular weight is 719 g/mol. The summed E-state index contributed by atoms with van der Waals surface area (Å²) in [5, 5.41) is 2.32. The number of nitrogens with one attached hydrogen (secondary N) is 1. The summed E-state index contributed by atoms with van der Waals surface area (Å²) in [7, 11) is -22.3. The molecule has 0 saturated carbocycles. The lowest BCUT2D eigenvalue weighted by atomic mass is 9.99. The van der Waals surface area contributed by atoms with Gasteiger partial charge in [0.05, 0.1) is 13.2 Å². The fraction of sp³-hybridized carbons (Fsp3) is 0.556. The first-order chi connectivity index (χ1) is 20.0. The van der Waals surface area contributed by atoms with Gasteiger partial charge in [0.1, 0.15) is 24.9 Å². The smallest absolute Gasteiger partial charge is 0.352 e. The lowest BCUT2D eigenvalue weighted by molar-refractivity contribution is -0.285. The SMILES string of the molecule is CC(=O)N(CC(=O)NCCO[C@H]1O[C@H](COS(=O)(=O)O)[C@@H](OS(=O)(=O)O)[C@H](OS(=O)(=O)O)[C@@H]1OS(=O)(=O)O)c1ccccc1. The number of anilines is 1. The minimum Gasteiger partial charge on any atom is -0.352 e. The second-order valence-electron chi connectivity index (χ2n) is 8.38. The van der Waals surface area contributed by atoms with E-state index in [1.165, 1.54) is 6.92 Å². The molecule has 0 unspecified atom stereocenters. The maximum absolute atomic E-state index is 12.4. The Morgan fingerprint density at radius 1 is 0.818 bits per heavy atom. The summed E-state index contributed by atoms with van der Waals surface area (Å²) < 4.78 is 154. The molecule has 22 nitrogen and oxygen atoms in total. The normalized spacial score (nSPS) is 23.2. The monoisotopic (exact) mass is 718 g/mol. The number of nitrogens with zero attached hydrogens (tertiary/aromatic N) is 1. The quantitative estimate of drug-likeness (QED) is 0.0856. The Kier molecular flexibility index (Phi) is 13.1. The number of para-hydroxylation sites is 1. The third kappa shape index (κ3) is 13.7. The summed E-state index contributed by atoms with van der Waals surface area (Å²) >= 11 is 0. The Morgan fingerprint density at radius 2 is 1.34 bits per heavy atom. The van der Waals surface area contributed by atoms with E-state index in [4.69, 9.17) is 18.6 Å². The van der Waals surface area contributed by atoms with Crippen LogP contribution in [0.1, 0.15) is 6.92 Å². The summed E-state index contributed by atoms with van der Waals surface area (Å²) in [5.41, 5.74) is 0.386. The number of benzene rings is 1. The number of rotatable bonds is 16. The van der Waals surface area contributed by atoms with Crippen LogP contribution in [-0.4, -0.2) is 121 Å². The molecule has 252 valence electrons. The van der Waals surface area contributed by atoms with E-state index in [-0.39, 0.29) is 0 Å². The van der Waals surface area contributed by atoms with E-state index >= 15 is 0 Å². The van der Waals surface area contributed by atoms with Crippen molar-refractivity contribution in [2.45, 2.75) is 37.6 Å². The van der Waals surface area contributed by atoms with Crippen LogP contribution in [0, 0.1) is 0 Å². The number of carbonyl (C=O) groups excluding carboxylic acids is 2. The van der Waals surface area contributed by atoms with Crippen LogP contribution < -0.4 is 10.2 Å². The van der Waals surface area contributed by atoms with Crippen molar-refractivity contribution in [2.75, 3.05) is 31.2 Å². The molecule has 2 rings (SSSR count). The number of carbonyl (C=O) groups is 2. The van der Waals surface area contributed by atoms with Crippen LogP contribution >= 0.6 is 0 Å². The molecule has 1 aliphatic rings. The maximum atomic E-state index is 12.4. The van der Waals surface area contributed by atoms with Gasteiger partial charge in [-0.05, 0) is 12.1 Å². The van der Waals surface area contributed by atoms with Crippen LogP contribution in [0.2, 0.25) is 0 Å². The van der Waals surface area contributed by atoms with E-state index in [1.807, 2.05) is 0 Å². The molecule has 5 atom stereocenters. The van der Waals surface area contributed by atoms with Crippen LogP contribution in [0.15, 0.2) is 30.3 Å². The fourth-order valence-corrected chi connectivity index (χ4v) is 5.41.